The topological polar surface area (TPSA) is 106 Å². The number of nitro groups is 1. The van der Waals surface area contributed by atoms with Gasteiger partial charge in [0.1, 0.15) is 11.5 Å². The van der Waals surface area contributed by atoms with E-state index < -0.39 is 4.92 Å². The van der Waals surface area contributed by atoms with Crippen molar-refractivity contribution < 1.29 is 14.1 Å². The number of halogens is 2. The van der Waals surface area contributed by atoms with Crippen LogP contribution in [0.5, 0.6) is 0 Å². The van der Waals surface area contributed by atoms with Crippen molar-refractivity contribution in [2.24, 2.45) is 0 Å². The molecule has 2 heterocycles. The molecule has 0 saturated heterocycles. The average Bonchev–Trinajstić information content (AvgIpc) is 3.35. The molecule has 2 aromatic carbocycles. The molecular formula is C22H12BrClN2O5S. The molecule has 1 N–H and O–H groups in total. The van der Waals surface area contributed by atoms with Crippen molar-refractivity contribution in [3.8, 4) is 11.3 Å². The maximum atomic E-state index is 12.4. The number of benzene rings is 2. The SMILES string of the molecule is O=C(/C=c1/[nH]c(=O)/c(=C/c2ccc(-c3ccc([N+](=O)[O-])cc3Br)o2)s1)c1ccc(Cl)cc1. The Morgan fingerprint density at radius 3 is 2.59 bits per heavy atom. The van der Waals surface area contributed by atoms with Crippen LogP contribution in [0.25, 0.3) is 23.5 Å². The summed E-state index contributed by atoms with van der Waals surface area (Å²) >= 11 is 10.3. The zero-order chi connectivity index (χ0) is 22.8. The summed E-state index contributed by atoms with van der Waals surface area (Å²) in [7, 11) is 0. The Bertz CT molecular complexity index is 1520. The maximum Gasteiger partial charge on any atom is 0.270 e. The zero-order valence-electron chi connectivity index (χ0n) is 16.0. The third-order valence-electron chi connectivity index (χ3n) is 4.40. The second-order valence-corrected chi connectivity index (χ2v) is 8.94. The van der Waals surface area contributed by atoms with E-state index in [4.69, 9.17) is 16.0 Å². The van der Waals surface area contributed by atoms with Gasteiger partial charge in [-0.05, 0) is 58.4 Å². The number of nitrogens with zero attached hydrogens (tertiary/aromatic N) is 1. The van der Waals surface area contributed by atoms with Gasteiger partial charge in [0.25, 0.3) is 11.2 Å². The predicted molar refractivity (Wildman–Crippen MR) is 127 cm³/mol. The van der Waals surface area contributed by atoms with Gasteiger partial charge in [-0.1, -0.05) is 11.6 Å². The Kier molecular flexibility index (Phi) is 6.22. The minimum absolute atomic E-state index is 0.0407. The molecule has 0 saturated carbocycles. The van der Waals surface area contributed by atoms with Crippen LogP contribution in [0.4, 0.5) is 5.69 Å². The van der Waals surface area contributed by atoms with Gasteiger partial charge >= 0.3 is 0 Å². The van der Waals surface area contributed by atoms with Crippen LogP contribution in [0.2, 0.25) is 5.02 Å². The molecular weight excluding hydrogens is 520 g/mol. The van der Waals surface area contributed by atoms with E-state index in [0.717, 1.165) is 11.3 Å². The monoisotopic (exact) mass is 530 g/mol. The van der Waals surface area contributed by atoms with Crippen molar-refractivity contribution in [1.82, 2.24) is 4.98 Å². The Morgan fingerprint density at radius 1 is 1.16 bits per heavy atom. The number of thiazole rings is 1. The first kappa shape index (κ1) is 21.9. The van der Waals surface area contributed by atoms with Crippen molar-refractivity contribution >= 4 is 62.5 Å². The molecule has 10 heteroatoms. The summed E-state index contributed by atoms with van der Waals surface area (Å²) in [4.78, 5) is 37.7. The summed E-state index contributed by atoms with van der Waals surface area (Å²) in [6, 6.07) is 14.2. The van der Waals surface area contributed by atoms with Crippen LogP contribution in [0.15, 0.2) is 68.3 Å². The number of nitro benzene ring substituents is 1. The number of rotatable bonds is 5. The molecule has 0 aliphatic heterocycles. The minimum atomic E-state index is -0.481. The third kappa shape index (κ3) is 4.80. The first-order chi connectivity index (χ1) is 15.3. The van der Waals surface area contributed by atoms with E-state index in [1.165, 1.54) is 18.2 Å². The standard InChI is InChI=1S/C22H12BrClN2O5S/c23-17-9-14(26(29)30)5-7-16(17)19-8-6-15(31-19)10-20-22(28)25-21(32-20)11-18(27)12-1-3-13(24)4-2-12/h1-11H,(H,25,28)/b20-10-,21-11-. The number of hydrogen-bond acceptors (Lipinski definition) is 6. The molecule has 0 aliphatic rings. The number of aromatic nitrogens is 1. The molecule has 0 radical (unpaired) electrons. The molecule has 2 aromatic heterocycles. The summed E-state index contributed by atoms with van der Waals surface area (Å²) < 4.78 is 7.08. The molecule has 4 rings (SSSR count). The lowest BCUT2D eigenvalue weighted by Gasteiger charge is -2.00. The fraction of sp³-hybridized carbons (Fsp3) is 0. The number of nitrogens with one attached hydrogen (secondary N) is 1. The van der Waals surface area contributed by atoms with Crippen LogP contribution in [0.3, 0.4) is 0 Å². The van der Waals surface area contributed by atoms with Crippen molar-refractivity contribution in [2.45, 2.75) is 0 Å². The summed E-state index contributed by atoms with van der Waals surface area (Å²) in [5.41, 5.74) is 0.706. The van der Waals surface area contributed by atoms with Crippen molar-refractivity contribution in [3.63, 3.8) is 0 Å². The molecule has 0 aliphatic carbocycles. The Morgan fingerprint density at radius 2 is 1.91 bits per heavy atom. The Hall–Kier alpha value is -3.27. The van der Waals surface area contributed by atoms with Gasteiger partial charge in [-0.25, -0.2) is 0 Å². The lowest BCUT2D eigenvalue weighted by atomic mass is 10.1. The van der Waals surface area contributed by atoms with Gasteiger partial charge in [0.2, 0.25) is 0 Å². The van der Waals surface area contributed by atoms with E-state index in [0.29, 0.717) is 41.3 Å². The molecule has 0 amide bonds. The Balaban J connectivity index is 1.63. The van der Waals surface area contributed by atoms with E-state index in [9.17, 15) is 19.7 Å². The number of Topliss-reactive ketones (excluding diaryl/α,β-unsaturated/α-hetero) is 1. The molecule has 0 spiro atoms. The quantitative estimate of drug-likeness (QED) is 0.232. The van der Waals surface area contributed by atoms with Gasteiger partial charge in [0.05, 0.1) is 14.1 Å². The van der Waals surface area contributed by atoms with Crippen molar-refractivity contribution in [1.29, 1.82) is 0 Å². The summed E-state index contributed by atoms with van der Waals surface area (Å²) in [5.74, 6) is 0.651. The average molecular weight is 532 g/mol. The lowest BCUT2D eigenvalue weighted by molar-refractivity contribution is -0.384. The lowest BCUT2D eigenvalue weighted by Crippen LogP contribution is -2.19. The maximum absolute atomic E-state index is 12.4. The van der Waals surface area contributed by atoms with Gasteiger partial charge in [-0.15, -0.1) is 11.3 Å². The summed E-state index contributed by atoms with van der Waals surface area (Å²) in [5, 5.41) is 11.4. The number of furan rings is 1. The predicted octanol–water partition coefficient (Wildman–Crippen LogP) is 4.51. The fourth-order valence-corrected chi connectivity index (χ4v) is 4.42. The highest BCUT2D eigenvalue weighted by atomic mass is 79.9. The number of H-pyrrole nitrogens is 1. The number of ketones is 1. The van der Waals surface area contributed by atoms with E-state index in [1.54, 1.807) is 48.5 Å². The van der Waals surface area contributed by atoms with E-state index in [-0.39, 0.29) is 17.0 Å². The first-order valence-corrected chi connectivity index (χ1v) is 11.1. The van der Waals surface area contributed by atoms with Gasteiger partial charge in [0, 0.05) is 44.9 Å². The van der Waals surface area contributed by atoms with Crippen molar-refractivity contribution in [2.75, 3.05) is 0 Å². The van der Waals surface area contributed by atoms with Crippen LogP contribution in [-0.4, -0.2) is 15.7 Å². The molecule has 7 nitrogen and oxygen atoms in total. The smallest absolute Gasteiger partial charge is 0.270 e. The number of aromatic amines is 1. The number of carbonyl (C=O) groups is 1. The molecule has 32 heavy (non-hydrogen) atoms. The van der Waals surface area contributed by atoms with Crippen LogP contribution in [0.1, 0.15) is 16.1 Å². The van der Waals surface area contributed by atoms with Crippen LogP contribution < -0.4 is 14.8 Å². The molecule has 0 bridgehead atoms. The van der Waals surface area contributed by atoms with Crippen LogP contribution in [0, 0.1) is 10.1 Å². The minimum Gasteiger partial charge on any atom is -0.457 e. The van der Waals surface area contributed by atoms with Crippen LogP contribution >= 0.6 is 38.9 Å². The molecule has 0 unspecified atom stereocenters. The number of non-ortho nitro benzene ring substituents is 1. The van der Waals surface area contributed by atoms with Gasteiger partial charge in [-0.2, -0.15) is 0 Å². The van der Waals surface area contributed by atoms with Gasteiger partial charge in [-0.3, -0.25) is 19.7 Å². The van der Waals surface area contributed by atoms with E-state index in [2.05, 4.69) is 20.9 Å². The second-order valence-electron chi connectivity index (χ2n) is 6.57. The molecule has 4 aromatic rings. The van der Waals surface area contributed by atoms with E-state index in [1.807, 2.05) is 0 Å². The highest BCUT2D eigenvalue weighted by molar-refractivity contribution is 9.10. The Labute approximate surface area is 197 Å². The largest absolute Gasteiger partial charge is 0.457 e. The second kappa shape index (κ2) is 9.07. The van der Waals surface area contributed by atoms with Crippen molar-refractivity contribution in [3.05, 3.63) is 105 Å². The fourth-order valence-electron chi connectivity index (χ4n) is 2.86. The highest BCUT2D eigenvalue weighted by Gasteiger charge is 2.13. The first-order valence-electron chi connectivity index (χ1n) is 9.07. The summed E-state index contributed by atoms with van der Waals surface area (Å²) in [6.07, 6.45) is 2.92. The molecule has 0 atom stereocenters. The van der Waals surface area contributed by atoms with Gasteiger partial charge in [0.15, 0.2) is 5.78 Å². The van der Waals surface area contributed by atoms with Crippen LogP contribution in [-0.2, 0) is 0 Å². The normalized spacial score (nSPS) is 12.3. The van der Waals surface area contributed by atoms with Gasteiger partial charge < -0.3 is 9.40 Å². The molecule has 160 valence electrons. The third-order valence-corrected chi connectivity index (χ3v) is 6.27. The van der Waals surface area contributed by atoms with E-state index >= 15 is 0 Å². The number of carbonyl (C=O) groups excluding carboxylic acids is 1. The number of hydrogen-bond donors (Lipinski definition) is 1. The molecule has 0 fully saturated rings. The highest BCUT2D eigenvalue weighted by Crippen LogP contribution is 2.32. The summed E-state index contributed by atoms with van der Waals surface area (Å²) in [6.45, 7) is 0. The zero-order valence-corrected chi connectivity index (χ0v) is 19.2.